The van der Waals surface area contributed by atoms with Gasteiger partial charge in [-0.3, -0.25) is 4.89 Å². The van der Waals surface area contributed by atoms with Crippen molar-refractivity contribution in [1.82, 2.24) is 0 Å². The highest BCUT2D eigenvalue weighted by molar-refractivity contribution is 5.90. The molecule has 0 fully saturated rings. The third-order valence-corrected chi connectivity index (χ3v) is 1.95. The molecule has 4 nitrogen and oxygen atoms in total. The summed E-state index contributed by atoms with van der Waals surface area (Å²) in [6.45, 7) is 5.87. The summed E-state index contributed by atoms with van der Waals surface area (Å²) in [5.74, 6) is -0.508. The van der Waals surface area contributed by atoms with E-state index in [1.807, 2.05) is 26.0 Å². The van der Waals surface area contributed by atoms with Crippen molar-refractivity contribution in [2.24, 2.45) is 0 Å². The first-order chi connectivity index (χ1) is 7.75. The molecule has 0 bridgehead atoms. The van der Waals surface area contributed by atoms with Crippen molar-refractivity contribution in [3.63, 3.8) is 0 Å². The smallest absolute Gasteiger partial charge is 0.373 e. The van der Waals surface area contributed by atoms with Gasteiger partial charge in [0.1, 0.15) is 0 Å². The Morgan fingerprint density at radius 3 is 2.81 bits per heavy atom. The molecule has 0 saturated carbocycles. The van der Waals surface area contributed by atoms with Gasteiger partial charge >= 0.3 is 5.97 Å². The second-order valence-corrected chi connectivity index (χ2v) is 3.11. The Morgan fingerprint density at radius 1 is 1.38 bits per heavy atom. The zero-order valence-corrected chi connectivity index (χ0v) is 9.43. The molecule has 1 rings (SSSR count). The molecule has 1 radical (unpaired) electrons. The Balaban J connectivity index is 2.33. The van der Waals surface area contributed by atoms with E-state index >= 15 is 0 Å². The lowest BCUT2D eigenvalue weighted by Crippen LogP contribution is -2.08. The van der Waals surface area contributed by atoms with Crippen molar-refractivity contribution < 1.29 is 19.3 Å². The zero-order valence-electron chi connectivity index (χ0n) is 9.43. The van der Waals surface area contributed by atoms with E-state index in [1.54, 1.807) is 12.1 Å². The maximum Gasteiger partial charge on any atom is 0.373 e. The molecular formula is C12H15O4. The van der Waals surface area contributed by atoms with Crippen LogP contribution in [0.5, 0.6) is 0 Å². The fraction of sp³-hybridized carbons (Fsp3) is 0.333. The zero-order chi connectivity index (χ0) is 11.8. The fourth-order valence-electron chi connectivity index (χ4n) is 1.12. The SMILES string of the molecule is CCOC[CH]OOC(=O)c1ccccc1C. The maximum absolute atomic E-state index is 11.5. The van der Waals surface area contributed by atoms with Gasteiger partial charge < -0.3 is 4.74 Å². The number of aryl methyl sites for hydroxylation is 1. The highest BCUT2D eigenvalue weighted by Gasteiger charge is 2.10. The van der Waals surface area contributed by atoms with Crippen LogP contribution in [0.3, 0.4) is 0 Å². The molecule has 0 aliphatic carbocycles. The summed E-state index contributed by atoms with van der Waals surface area (Å²) in [5, 5.41) is 0. The Kier molecular flexibility index (Phi) is 5.53. The van der Waals surface area contributed by atoms with Crippen LogP contribution in [0.25, 0.3) is 0 Å². The van der Waals surface area contributed by atoms with Crippen LogP contribution in [0.4, 0.5) is 0 Å². The molecule has 0 N–H and O–H groups in total. The van der Waals surface area contributed by atoms with Crippen LogP contribution in [0, 0.1) is 13.5 Å². The molecule has 16 heavy (non-hydrogen) atoms. The summed E-state index contributed by atoms with van der Waals surface area (Å²) >= 11 is 0. The van der Waals surface area contributed by atoms with Crippen molar-refractivity contribution in [3.05, 3.63) is 42.0 Å². The molecule has 0 aromatic heterocycles. The fourth-order valence-corrected chi connectivity index (χ4v) is 1.12. The molecule has 0 unspecified atom stereocenters. The highest BCUT2D eigenvalue weighted by atomic mass is 17.2. The van der Waals surface area contributed by atoms with E-state index in [4.69, 9.17) is 4.74 Å². The molecule has 87 valence electrons. The second kappa shape index (κ2) is 6.98. The first-order valence-electron chi connectivity index (χ1n) is 5.08. The van der Waals surface area contributed by atoms with Crippen LogP contribution in [0.15, 0.2) is 24.3 Å². The highest BCUT2D eigenvalue weighted by Crippen LogP contribution is 2.08. The van der Waals surface area contributed by atoms with Gasteiger partial charge in [0.15, 0.2) is 6.61 Å². The van der Waals surface area contributed by atoms with Gasteiger partial charge in [-0.05, 0) is 25.5 Å². The molecule has 0 atom stereocenters. The van der Waals surface area contributed by atoms with Gasteiger partial charge in [-0.1, -0.05) is 18.2 Å². The third-order valence-electron chi connectivity index (χ3n) is 1.95. The van der Waals surface area contributed by atoms with Crippen LogP contribution in [-0.2, 0) is 14.5 Å². The number of carbonyl (C=O) groups excluding carboxylic acids is 1. The van der Waals surface area contributed by atoms with Crippen LogP contribution >= 0.6 is 0 Å². The first-order valence-corrected chi connectivity index (χ1v) is 5.08. The van der Waals surface area contributed by atoms with Gasteiger partial charge in [0.05, 0.1) is 12.2 Å². The number of ether oxygens (including phenoxy) is 1. The largest absolute Gasteiger partial charge is 0.379 e. The minimum absolute atomic E-state index is 0.289. The van der Waals surface area contributed by atoms with Crippen molar-refractivity contribution in [1.29, 1.82) is 0 Å². The van der Waals surface area contributed by atoms with E-state index in [0.717, 1.165) is 5.56 Å². The normalized spacial score (nSPS) is 10.1. The van der Waals surface area contributed by atoms with E-state index in [9.17, 15) is 4.79 Å². The Bertz CT molecular complexity index is 336. The summed E-state index contributed by atoms with van der Waals surface area (Å²) in [4.78, 5) is 20.7. The monoisotopic (exact) mass is 223 g/mol. The van der Waals surface area contributed by atoms with Gasteiger partial charge in [-0.25, -0.2) is 4.79 Å². The van der Waals surface area contributed by atoms with Crippen molar-refractivity contribution >= 4 is 5.97 Å². The molecular weight excluding hydrogens is 208 g/mol. The predicted octanol–water partition coefficient (Wildman–Crippen LogP) is 2.28. The first kappa shape index (κ1) is 12.7. The van der Waals surface area contributed by atoms with Crippen molar-refractivity contribution in [2.45, 2.75) is 13.8 Å². The van der Waals surface area contributed by atoms with Crippen LogP contribution in [0.2, 0.25) is 0 Å². The lowest BCUT2D eigenvalue weighted by atomic mass is 10.1. The van der Waals surface area contributed by atoms with E-state index < -0.39 is 5.97 Å². The molecule has 0 amide bonds. The number of benzene rings is 1. The molecule has 0 aliphatic rings. The summed E-state index contributed by atoms with van der Waals surface area (Å²) in [6.07, 6.45) is 0. The van der Waals surface area contributed by atoms with E-state index in [-0.39, 0.29) is 6.61 Å². The maximum atomic E-state index is 11.5. The van der Waals surface area contributed by atoms with Crippen molar-refractivity contribution in [2.75, 3.05) is 13.2 Å². The van der Waals surface area contributed by atoms with Gasteiger partial charge in [0.2, 0.25) is 0 Å². The average molecular weight is 223 g/mol. The van der Waals surface area contributed by atoms with Gasteiger partial charge in [-0.2, -0.15) is 4.89 Å². The van der Waals surface area contributed by atoms with Crippen LogP contribution < -0.4 is 0 Å². The number of carbonyl (C=O) groups is 1. The quantitative estimate of drug-likeness (QED) is 0.421. The van der Waals surface area contributed by atoms with Gasteiger partial charge in [0, 0.05) is 6.61 Å². The molecule has 1 aromatic rings. The summed E-state index contributed by atoms with van der Waals surface area (Å²) < 4.78 is 4.97. The minimum Gasteiger partial charge on any atom is -0.379 e. The number of rotatable bonds is 6. The Morgan fingerprint density at radius 2 is 2.12 bits per heavy atom. The number of hydrogen-bond donors (Lipinski definition) is 0. The summed E-state index contributed by atoms with van der Waals surface area (Å²) in [6, 6.07) is 7.14. The summed E-state index contributed by atoms with van der Waals surface area (Å²) in [5.41, 5.74) is 1.34. The third kappa shape index (κ3) is 4.00. The van der Waals surface area contributed by atoms with Gasteiger partial charge in [-0.15, -0.1) is 0 Å². The van der Waals surface area contributed by atoms with E-state index in [2.05, 4.69) is 9.78 Å². The molecule has 4 heteroatoms. The lowest BCUT2D eigenvalue weighted by Gasteiger charge is -2.05. The molecule has 1 aromatic carbocycles. The standard InChI is InChI=1S/C12H15O4/c1-3-14-8-9-15-16-12(13)11-7-5-4-6-10(11)2/h4-7,9H,3,8H2,1-2H3. The lowest BCUT2D eigenvalue weighted by molar-refractivity contribution is -0.218. The van der Waals surface area contributed by atoms with Crippen LogP contribution in [0.1, 0.15) is 22.8 Å². The molecule has 0 saturated heterocycles. The Labute approximate surface area is 95.1 Å². The average Bonchev–Trinajstić information content (AvgIpc) is 2.29. The second-order valence-electron chi connectivity index (χ2n) is 3.11. The minimum atomic E-state index is -0.508. The van der Waals surface area contributed by atoms with E-state index in [1.165, 1.54) is 6.61 Å². The molecule has 0 aliphatic heterocycles. The van der Waals surface area contributed by atoms with Crippen LogP contribution in [-0.4, -0.2) is 19.2 Å². The topological polar surface area (TPSA) is 44.8 Å². The molecule has 0 heterocycles. The predicted molar refractivity (Wildman–Crippen MR) is 58.5 cm³/mol. The van der Waals surface area contributed by atoms with Crippen molar-refractivity contribution in [3.8, 4) is 0 Å². The molecule has 0 spiro atoms. The van der Waals surface area contributed by atoms with Gasteiger partial charge in [0.25, 0.3) is 0 Å². The number of hydrogen-bond acceptors (Lipinski definition) is 4. The summed E-state index contributed by atoms with van der Waals surface area (Å²) in [7, 11) is 0. The van der Waals surface area contributed by atoms with E-state index in [0.29, 0.717) is 12.2 Å². The Hall–Kier alpha value is -1.39.